The SMILES string of the molecule is [CH2][C@](O)(c1cccc(Cl)c1)C(C)(C)C. The Morgan fingerprint density at radius 3 is 2.29 bits per heavy atom. The van der Waals surface area contributed by atoms with Crippen molar-refractivity contribution in [2.24, 2.45) is 5.41 Å². The smallest absolute Gasteiger partial charge is 0.0946 e. The highest BCUT2D eigenvalue weighted by Crippen LogP contribution is 2.38. The average Bonchev–Trinajstić information content (AvgIpc) is 2.02. The first kappa shape index (κ1) is 11.5. The zero-order chi connectivity index (χ0) is 11.0. The predicted octanol–water partition coefficient (Wildman–Crippen LogP) is 3.41. The Labute approximate surface area is 90.7 Å². The molecule has 1 N–H and O–H groups in total. The van der Waals surface area contributed by atoms with Crippen LogP contribution >= 0.6 is 11.6 Å². The number of rotatable bonds is 1. The van der Waals surface area contributed by atoms with Crippen molar-refractivity contribution in [3.8, 4) is 0 Å². The molecule has 1 aromatic rings. The van der Waals surface area contributed by atoms with Gasteiger partial charge in [0.2, 0.25) is 0 Å². The minimum atomic E-state index is -1.11. The summed E-state index contributed by atoms with van der Waals surface area (Å²) in [5, 5.41) is 10.9. The Morgan fingerprint density at radius 1 is 1.29 bits per heavy atom. The van der Waals surface area contributed by atoms with Crippen LogP contribution in [0.25, 0.3) is 0 Å². The van der Waals surface area contributed by atoms with Crippen molar-refractivity contribution in [3.05, 3.63) is 41.8 Å². The summed E-state index contributed by atoms with van der Waals surface area (Å²) in [7, 11) is 0. The maximum absolute atomic E-state index is 10.3. The van der Waals surface area contributed by atoms with Crippen LogP contribution in [0, 0.1) is 12.3 Å². The molecule has 14 heavy (non-hydrogen) atoms. The molecule has 1 rings (SSSR count). The van der Waals surface area contributed by atoms with Gasteiger partial charge >= 0.3 is 0 Å². The molecule has 0 fully saturated rings. The molecule has 0 aliphatic carbocycles. The van der Waals surface area contributed by atoms with Gasteiger partial charge in [-0.1, -0.05) is 44.5 Å². The predicted molar refractivity (Wildman–Crippen MR) is 60.2 cm³/mol. The van der Waals surface area contributed by atoms with E-state index in [1.165, 1.54) is 0 Å². The summed E-state index contributed by atoms with van der Waals surface area (Å²) in [6, 6.07) is 7.19. The molecule has 0 saturated carbocycles. The minimum Gasteiger partial charge on any atom is -0.385 e. The second-order valence-electron chi connectivity index (χ2n) is 4.62. The Kier molecular flexibility index (Phi) is 2.93. The highest BCUT2D eigenvalue weighted by molar-refractivity contribution is 6.30. The first-order valence-corrected chi connectivity index (χ1v) is 4.97. The molecule has 1 nitrogen and oxygen atoms in total. The van der Waals surface area contributed by atoms with Gasteiger partial charge in [-0.3, -0.25) is 0 Å². The van der Waals surface area contributed by atoms with Crippen LogP contribution in [0.5, 0.6) is 0 Å². The highest BCUT2D eigenvalue weighted by atomic mass is 35.5. The van der Waals surface area contributed by atoms with Crippen LogP contribution in [0.2, 0.25) is 5.02 Å². The van der Waals surface area contributed by atoms with Gasteiger partial charge in [-0.05, 0) is 30.0 Å². The van der Waals surface area contributed by atoms with E-state index in [1.807, 2.05) is 32.9 Å². The van der Waals surface area contributed by atoms with Crippen LogP contribution in [-0.4, -0.2) is 5.11 Å². The van der Waals surface area contributed by atoms with Gasteiger partial charge in [0, 0.05) is 5.02 Å². The molecule has 0 spiro atoms. The first-order chi connectivity index (χ1) is 6.25. The molecule has 0 aliphatic heterocycles. The van der Waals surface area contributed by atoms with Crippen molar-refractivity contribution in [3.63, 3.8) is 0 Å². The number of halogens is 1. The van der Waals surface area contributed by atoms with Crippen LogP contribution in [0.1, 0.15) is 26.3 Å². The lowest BCUT2D eigenvalue weighted by Crippen LogP contribution is -2.37. The zero-order valence-electron chi connectivity index (χ0n) is 8.84. The summed E-state index contributed by atoms with van der Waals surface area (Å²) in [5.41, 5.74) is -0.687. The minimum absolute atomic E-state index is 0.322. The lowest BCUT2D eigenvalue weighted by molar-refractivity contribution is -0.0215. The third-order valence-corrected chi connectivity index (χ3v) is 2.78. The van der Waals surface area contributed by atoms with Crippen LogP contribution in [0.3, 0.4) is 0 Å². The maximum atomic E-state index is 10.3. The third-order valence-electron chi connectivity index (χ3n) is 2.54. The second kappa shape index (κ2) is 3.56. The quantitative estimate of drug-likeness (QED) is 0.755. The molecule has 1 aromatic carbocycles. The van der Waals surface area contributed by atoms with Gasteiger partial charge in [0.05, 0.1) is 5.60 Å². The lowest BCUT2D eigenvalue weighted by Gasteiger charge is -2.37. The molecule has 0 aliphatic rings. The van der Waals surface area contributed by atoms with Gasteiger partial charge in [-0.2, -0.15) is 0 Å². The fourth-order valence-corrected chi connectivity index (χ4v) is 1.37. The summed E-state index contributed by atoms with van der Waals surface area (Å²) in [6.07, 6.45) is 0. The number of hydrogen-bond donors (Lipinski definition) is 1. The summed E-state index contributed by atoms with van der Waals surface area (Å²) in [6.45, 7) is 9.69. The van der Waals surface area contributed by atoms with Gasteiger partial charge in [0.15, 0.2) is 0 Å². The molecule has 0 unspecified atom stereocenters. The van der Waals surface area contributed by atoms with Crippen molar-refractivity contribution >= 4 is 11.6 Å². The van der Waals surface area contributed by atoms with Crippen LogP contribution in [-0.2, 0) is 5.60 Å². The van der Waals surface area contributed by atoms with Crippen LogP contribution in [0.15, 0.2) is 24.3 Å². The summed E-state index contributed by atoms with van der Waals surface area (Å²) < 4.78 is 0. The van der Waals surface area contributed by atoms with Crippen molar-refractivity contribution < 1.29 is 5.11 Å². The molecule has 77 valence electrons. The molecule has 1 radical (unpaired) electrons. The summed E-state index contributed by atoms with van der Waals surface area (Å²) in [5.74, 6) is 0. The monoisotopic (exact) mass is 211 g/mol. The van der Waals surface area contributed by atoms with E-state index in [1.54, 1.807) is 12.1 Å². The summed E-state index contributed by atoms with van der Waals surface area (Å²) >= 11 is 5.86. The molecule has 1 atom stereocenters. The van der Waals surface area contributed by atoms with E-state index in [0.29, 0.717) is 5.02 Å². The fraction of sp³-hybridized carbons (Fsp3) is 0.417. The van der Waals surface area contributed by atoms with E-state index < -0.39 is 5.60 Å². The standard InChI is InChI=1S/C12H16ClO/c1-11(2,3)12(4,14)9-6-5-7-10(13)8-9/h5-8,14H,4H2,1-3H3/t12-/m0/s1. The Hall–Kier alpha value is -0.530. The molecule has 0 aromatic heterocycles. The molecular weight excluding hydrogens is 196 g/mol. The largest absolute Gasteiger partial charge is 0.385 e. The molecule has 2 heteroatoms. The third kappa shape index (κ3) is 2.10. The molecule has 0 amide bonds. The van der Waals surface area contributed by atoms with Crippen molar-refractivity contribution in [2.75, 3.05) is 0 Å². The first-order valence-electron chi connectivity index (χ1n) is 4.59. The Balaban J connectivity index is 3.16. The maximum Gasteiger partial charge on any atom is 0.0946 e. The van der Waals surface area contributed by atoms with E-state index in [0.717, 1.165) is 5.56 Å². The van der Waals surface area contributed by atoms with E-state index in [-0.39, 0.29) is 5.41 Å². The number of benzene rings is 1. The Morgan fingerprint density at radius 2 is 1.86 bits per heavy atom. The lowest BCUT2D eigenvalue weighted by atomic mass is 9.73. The molecule has 0 heterocycles. The molecule has 0 bridgehead atoms. The van der Waals surface area contributed by atoms with E-state index in [2.05, 4.69) is 6.92 Å². The van der Waals surface area contributed by atoms with Crippen molar-refractivity contribution in [1.82, 2.24) is 0 Å². The van der Waals surface area contributed by atoms with E-state index >= 15 is 0 Å². The van der Waals surface area contributed by atoms with Crippen molar-refractivity contribution in [2.45, 2.75) is 26.4 Å². The van der Waals surface area contributed by atoms with Crippen molar-refractivity contribution in [1.29, 1.82) is 0 Å². The zero-order valence-corrected chi connectivity index (χ0v) is 9.60. The topological polar surface area (TPSA) is 20.2 Å². The van der Waals surface area contributed by atoms with Gasteiger partial charge in [-0.25, -0.2) is 0 Å². The van der Waals surface area contributed by atoms with E-state index in [9.17, 15) is 5.11 Å². The molecule has 0 saturated heterocycles. The van der Waals surface area contributed by atoms with Gasteiger partial charge in [0.25, 0.3) is 0 Å². The van der Waals surface area contributed by atoms with Crippen LogP contribution < -0.4 is 0 Å². The van der Waals surface area contributed by atoms with Gasteiger partial charge in [-0.15, -0.1) is 0 Å². The fourth-order valence-electron chi connectivity index (χ4n) is 1.18. The van der Waals surface area contributed by atoms with E-state index in [4.69, 9.17) is 11.6 Å². The summed E-state index contributed by atoms with van der Waals surface area (Å²) in [4.78, 5) is 0. The number of hydrogen-bond acceptors (Lipinski definition) is 1. The average molecular weight is 212 g/mol. The normalized spacial score (nSPS) is 16.4. The number of aliphatic hydroxyl groups is 1. The van der Waals surface area contributed by atoms with Gasteiger partial charge < -0.3 is 5.11 Å². The Bertz CT molecular complexity index is 323. The molecular formula is C12H16ClO. The highest BCUT2D eigenvalue weighted by Gasteiger charge is 2.36. The van der Waals surface area contributed by atoms with Gasteiger partial charge in [0.1, 0.15) is 0 Å². The van der Waals surface area contributed by atoms with Crippen LogP contribution in [0.4, 0.5) is 0 Å². The second-order valence-corrected chi connectivity index (χ2v) is 5.06.